The Morgan fingerprint density at radius 1 is 1.35 bits per heavy atom. The zero-order valence-corrected chi connectivity index (χ0v) is 9.26. The molecule has 1 aromatic rings. The molecule has 94 valence electrons. The fourth-order valence-corrected chi connectivity index (χ4v) is 2.16. The lowest BCUT2D eigenvalue weighted by Gasteiger charge is -2.22. The summed E-state index contributed by atoms with van der Waals surface area (Å²) in [5.41, 5.74) is 8.56. The van der Waals surface area contributed by atoms with Crippen LogP contribution in [0.3, 0.4) is 0 Å². The van der Waals surface area contributed by atoms with Gasteiger partial charge in [0.25, 0.3) is 0 Å². The second-order valence-electron chi connectivity index (χ2n) is 4.27. The SMILES string of the molecule is N[C@H]1CCCc2cc(COC(F)(F)F)ccc21. The molecule has 0 amide bonds. The summed E-state index contributed by atoms with van der Waals surface area (Å²) < 4.78 is 39.5. The number of ether oxygens (including phenoxy) is 1. The Balaban J connectivity index is 2.11. The van der Waals surface area contributed by atoms with E-state index >= 15 is 0 Å². The number of rotatable bonds is 2. The maximum Gasteiger partial charge on any atom is 0.522 e. The van der Waals surface area contributed by atoms with Crippen LogP contribution in [0.4, 0.5) is 13.2 Å². The summed E-state index contributed by atoms with van der Waals surface area (Å²) in [6, 6.07) is 5.24. The Hall–Kier alpha value is -1.07. The number of alkyl halides is 3. The van der Waals surface area contributed by atoms with Crippen molar-refractivity contribution in [1.82, 2.24) is 0 Å². The van der Waals surface area contributed by atoms with E-state index in [1.54, 1.807) is 12.1 Å². The fourth-order valence-electron chi connectivity index (χ4n) is 2.16. The molecule has 0 fully saturated rings. The van der Waals surface area contributed by atoms with Crippen LogP contribution in [0.2, 0.25) is 0 Å². The molecule has 0 bridgehead atoms. The maximum absolute atomic E-state index is 11.9. The van der Waals surface area contributed by atoms with Gasteiger partial charge in [-0.25, -0.2) is 0 Å². The first-order valence-corrected chi connectivity index (χ1v) is 5.54. The van der Waals surface area contributed by atoms with Crippen molar-refractivity contribution in [1.29, 1.82) is 0 Å². The van der Waals surface area contributed by atoms with Crippen molar-refractivity contribution in [3.05, 3.63) is 34.9 Å². The van der Waals surface area contributed by atoms with Crippen LogP contribution in [0.25, 0.3) is 0 Å². The van der Waals surface area contributed by atoms with Crippen molar-refractivity contribution in [3.63, 3.8) is 0 Å². The standard InChI is InChI=1S/C12H14F3NO/c13-12(14,15)17-7-8-4-5-10-9(6-8)2-1-3-11(10)16/h4-6,11H,1-3,7,16H2/t11-/m0/s1. The molecule has 0 spiro atoms. The molecule has 1 aliphatic carbocycles. The van der Waals surface area contributed by atoms with Crippen LogP contribution in [-0.4, -0.2) is 6.36 Å². The average molecular weight is 245 g/mol. The van der Waals surface area contributed by atoms with E-state index in [4.69, 9.17) is 5.73 Å². The lowest BCUT2D eigenvalue weighted by atomic mass is 9.87. The molecule has 17 heavy (non-hydrogen) atoms. The van der Waals surface area contributed by atoms with E-state index < -0.39 is 13.0 Å². The monoisotopic (exact) mass is 245 g/mol. The van der Waals surface area contributed by atoms with Crippen LogP contribution in [-0.2, 0) is 17.8 Å². The predicted octanol–water partition coefficient (Wildman–Crippen LogP) is 3.06. The molecule has 0 heterocycles. The molecule has 2 nitrogen and oxygen atoms in total. The first-order chi connectivity index (χ1) is 7.96. The smallest absolute Gasteiger partial charge is 0.324 e. The molecule has 0 aliphatic heterocycles. The van der Waals surface area contributed by atoms with E-state index in [0.717, 1.165) is 30.4 Å². The molecule has 2 N–H and O–H groups in total. The number of halogens is 3. The molecule has 5 heteroatoms. The van der Waals surface area contributed by atoms with Gasteiger partial charge in [-0.05, 0) is 36.0 Å². The number of fused-ring (bicyclic) bond motifs is 1. The molecular weight excluding hydrogens is 231 g/mol. The lowest BCUT2D eigenvalue weighted by molar-refractivity contribution is -0.330. The van der Waals surface area contributed by atoms with Gasteiger partial charge >= 0.3 is 6.36 Å². The Kier molecular flexibility index (Phi) is 3.40. The quantitative estimate of drug-likeness (QED) is 0.869. The second kappa shape index (κ2) is 4.66. The van der Waals surface area contributed by atoms with Gasteiger partial charge in [0.15, 0.2) is 0 Å². The van der Waals surface area contributed by atoms with Crippen LogP contribution in [0.1, 0.15) is 35.6 Å². The second-order valence-corrected chi connectivity index (χ2v) is 4.27. The van der Waals surface area contributed by atoms with Gasteiger partial charge in [-0.2, -0.15) is 0 Å². The molecule has 1 atom stereocenters. The summed E-state index contributed by atoms with van der Waals surface area (Å²) >= 11 is 0. The van der Waals surface area contributed by atoms with Crippen LogP contribution in [0.15, 0.2) is 18.2 Å². The molecular formula is C12H14F3NO. The average Bonchev–Trinajstić information content (AvgIpc) is 2.26. The number of benzene rings is 1. The lowest BCUT2D eigenvalue weighted by Crippen LogP contribution is -2.18. The number of hydrogen-bond acceptors (Lipinski definition) is 2. The van der Waals surface area contributed by atoms with Gasteiger partial charge < -0.3 is 5.73 Å². The van der Waals surface area contributed by atoms with Gasteiger partial charge in [0, 0.05) is 6.04 Å². The van der Waals surface area contributed by atoms with E-state index in [1.807, 2.05) is 6.07 Å². The highest BCUT2D eigenvalue weighted by Crippen LogP contribution is 2.29. The summed E-state index contributed by atoms with van der Waals surface area (Å²) in [4.78, 5) is 0. The molecule has 2 rings (SSSR count). The Morgan fingerprint density at radius 3 is 2.82 bits per heavy atom. The molecule has 0 radical (unpaired) electrons. The highest BCUT2D eigenvalue weighted by Gasteiger charge is 2.29. The summed E-state index contributed by atoms with van der Waals surface area (Å²) in [6.45, 7) is -0.438. The zero-order chi connectivity index (χ0) is 12.5. The molecule has 1 aliphatic rings. The van der Waals surface area contributed by atoms with Crippen LogP contribution in [0, 0.1) is 0 Å². The van der Waals surface area contributed by atoms with E-state index in [0.29, 0.717) is 5.56 Å². The van der Waals surface area contributed by atoms with E-state index in [2.05, 4.69) is 4.74 Å². The van der Waals surface area contributed by atoms with Crippen molar-refractivity contribution in [2.24, 2.45) is 5.73 Å². The molecule has 0 aromatic heterocycles. The first kappa shape index (κ1) is 12.4. The highest BCUT2D eigenvalue weighted by atomic mass is 19.4. The van der Waals surface area contributed by atoms with E-state index in [1.165, 1.54) is 0 Å². The van der Waals surface area contributed by atoms with Gasteiger partial charge in [-0.1, -0.05) is 18.2 Å². The van der Waals surface area contributed by atoms with Crippen molar-refractivity contribution in [3.8, 4) is 0 Å². The van der Waals surface area contributed by atoms with E-state index in [-0.39, 0.29) is 6.04 Å². The van der Waals surface area contributed by atoms with Crippen LogP contribution >= 0.6 is 0 Å². The Bertz CT molecular complexity index is 403. The third-order valence-corrected chi connectivity index (χ3v) is 2.97. The van der Waals surface area contributed by atoms with Gasteiger partial charge in [0.1, 0.15) is 0 Å². The molecule has 0 unspecified atom stereocenters. The van der Waals surface area contributed by atoms with Gasteiger partial charge in [0.2, 0.25) is 0 Å². The minimum Gasteiger partial charge on any atom is -0.324 e. The van der Waals surface area contributed by atoms with Gasteiger partial charge in [-0.3, -0.25) is 4.74 Å². The van der Waals surface area contributed by atoms with Gasteiger partial charge in [-0.15, -0.1) is 13.2 Å². The van der Waals surface area contributed by atoms with E-state index in [9.17, 15) is 13.2 Å². The topological polar surface area (TPSA) is 35.2 Å². The van der Waals surface area contributed by atoms with Crippen molar-refractivity contribution in [2.45, 2.75) is 38.3 Å². The first-order valence-electron chi connectivity index (χ1n) is 5.54. The third kappa shape index (κ3) is 3.20. The largest absolute Gasteiger partial charge is 0.522 e. The third-order valence-electron chi connectivity index (χ3n) is 2.97. The van der Waals surface area contributed by atoms with Crippen molar-refractivity contribution < 1.29 is 17.9 Å². The van der Waals surface area contributed by atoms with Crippen molar-refractivity contribution >= 4 is 0 Å². The normalized spacial score (nSPS) is 20.1. The maximum atomic E-state index is 11.9. The van der Waals surface area contributed by atoms with Crippen LogP contribution < -0.4 is 5.73 Å². The minimum atomic E-state index is -4.58. The summed E-state index contributed by atoms with van der Waals surface area (Å²) in [7, 11) is 0. The summed E-state index contributed by atoms with van der Waals surface area (Å²) in [6.07, 6.45) is -1.78. The zero-order valence-electron chi connectivity index (χ0n) is 9.26. The minimum absolute atomic E-state index is 0.0105. The van der Waals surface area contributed by atoms with Crippen molar-refractivity contribution in [2.75, 3.05) is 0 Å². The number of nitrogens with two attached hydrogens (primary N) is 1. The molecule has 0 saturated carbocycles. The number of hydrogen-bond donors (Lipinski definition) is 1. The summed E-state index contributed by atoms with van der Waals surface area (Å²) in [5.74, 6) is 0. The predicted molar refractivity (Wildman–Crippen MR) is 57.2 cm³/mol. The van der Waals surface area contributed by atoms with Crippen LogP contribution in [0.5, 0.6) is 0 Å². The molecule has 1 aromatic carbocycles. The molecule has 0 saturated heterocycles. The number of aryl methyl sites for hydroxylation is 1. The Morgan fingerprint density at radius 2 is 2.12 bits per heavy atom. The summed E-state index contributed by atoms with van der Waals surface area (Å²) in [5, 5.41) is 0. The van der Waals surface area contributed by atoms with Gasteiger partial charge in [0.05, 0.1) is 6.61 Å². The Labute approximate surface area is 97.6 Å². The highest BCUT2D eigenvalue weighted by molar-refractivity contribution is 5.35. The fraction of sp³-hybridized carbons (Fsp3) is 0.500.